The summed E-state index contributed by atoms with van der Waals surface area (Å²) >= 11 is 0. The summed E-state index contributed by atoms with van der Waals surface area (Å²) in [6.07, 6.45) is 2.68. The van der Waals surface area contributed by atoms with E-state index in [0.29, 0.717) is 18.8 Å². The molecule has 0 heterocycles. The summed E-state index contributed by atoms with van der Waals surface area (Å²) in [5.74, 6) is 0.575. The van der Waals surface area contributed by atoms with Crippen LogP contribution in [-0.4, -0.2) is 31.1 Å². The van der Waals surface area contributed by atoms with Crippen molar-refractivity contribution in [3.05, 3.63) is 30.3 Å². The van der Waals surface area contributed by atoms with Crippen molar-refractivity contribution < 1.29 is 9.53 Å². The second kappa shape index (κ2) is 7.68. The first-order valence-electron chi connectivity index (χ1n) is 5.92. The molecular formula is C13H20N2O2. The molecule has 0 unspecified atom stereocenters. The maximum absolute atomic E-state index is 11.7. The Morgan fingerprint density at radius 2 is 1.94 bits per heavy atom. The van der Waals surface area contributed by atoms with Gasteiger partial charge in [-0.05, 0) is 31.5 Å². The lowest BCUT2D eigenvalue weighted by Gasteiger charge is -2.16. The normalized spacial score (nSPS) is 10.0. The van der Waals surface area contributed by atoms with Crippen LogP contribution in [0.15, 0.2) is 30.3 Å². The Bertz CT molecular complexity index is 327. The number of ether oxygens (including phenoxy) is 1. The van der Waals surface area contributed by atoms with Gasteiger partial charge in [0.25, 0.3) is 0 Å². The van der Waals surface area contributed by atoms with Crippen molar-refractivity contribution in [1.82, 2.24) is 4.90 Å². The summed E-state index contributed by atoms with van der Waals surface area (Å²) in [6, 6.07) is 9.09. The first-order chi connectivity index (χ1) is 8.24. The van der Waals surface area contributed by atoms with Gasteiger partial charge in [-0.25, -0.2) is 4.79 Å². The molecule has 0 spiro atoms. The van der Waals surface area contributed by atoms with Crippen molar-refractivity contribution in [3.63, 3.8) is 0 Å². The Balaban J connectivity index is 2.27. The lowest BCUT2D eigenvalue weighted by molar-refractivity contribution is 0.162. The first-order valence-corrected chi connectivity index (χ1v) is 5.92. The van der Waals surface area contributed by atoms with Gasteiger partial charge >= 0.3 is 6.09 Å². The number of amides is 1. The van der Waals surface area contributed by atoms with E-state index in [-0.39, 0.29) is 6.09 Å². The van der Waals surface area contributed by atoms with Gasteiger partial charge in [0, 0.05) is 13.6 Å². The second-order valence-corrected chi connectivity index (χ2v) is 3.95. The zero-order valence-corrected chi connectivity index (χ0v) is 10.3. The molecule has 0 fully saturated rings. The van der Waals surface area contributed by atoms with Gasteiger partial charge in [-0.2, -0.15) is 0 Å². The number of nitrogens with zero attached hydrogens (tertiary/aromatic N) is 1. The number of carbonyl (C=O) groups is 1. The Hall–Kier alpha value is -1.55. The Labute approximate surface area is 102 Å². The summed E-state index contributed by atoms with van der Waals surface area (Å²) in [7, 11) is 1.74. The van der Waals surface area contributed by atoms with E-state index in [1.807, 2.05) is 18.2 Å². The molecule has 0 aliphatic carbocycles. The van der Waals surface area contributed by atoms with Crippen LogP contribution in [-0.2, 0) is 0 Å². The van der Waals surface area contributed by atoms with Crippen LogP contribution in [0.3, 0.4) is 0 Å². The number of benzene rings is 1. The monoisotopic (exact) mass is 236 g/mol. The van der Waals surface area contributed by atoms with Gasteiger partial charge in [0.05, 0.1) is 0 Å². The summed E-state index contributed by atoms with van der Waals surface area (Å²) in [5, 5.41) is 0. The Morgan fingerprint density at radius 3 is 2.59 bits per heavy atom. The minimum absolute atomic E-state index is 0.316. The summed E-state index contributed by atoms with van der Waals surface area (Å²) < 4.78 is 5.20. The third-order valence-electron chi connectivity index (χ3n) is 2.46. The molecule has 0 aliphatic heterocycles. The predicted octanol–water partition coefficient (Wildman–Crippen LogP) is 2.25. The van der Waals surface area contributed by atoms with Gasteiger partial charge in [0.2, 0.25) is 0 Å². The molecule has 0 aliphatic rings. The Kier molecular flexibility index (Phi) is 6.10. The molecule has 17 heavy (non-hydrogen) atoms. The van der Waals surface area contributed by atoms with Crippen molar-refractivity contribution in [3.8, 4) is 5.75 Å². The number of hydrogen-bond acceptors (Lipinski definition) is 3. The van der Waals surface area contributed by atoms with Gasteiger partial charge in [0.15, 0.2) is 0 Å². The van der Waals surface area contributed by atoms with Gasteiger partial charge in [-0.15, -0.1) is 0 Å². The highest BCUT2D eigenvalue weighted by Gasteiger charge is 2.09. The third-order valence-corrected chi connectivity index (χ3v) is 2.46. The van der Waals surface area contributed by atoms with E-state index in [2.05, 4.69) is 0 Å². The molecule has 2 N–H and O–H groups in total. The van der Waals surface area contributed by atoms with Crippen molar-refractivity contribution in [1.29, 1.82) is 0 Å². The second-order valence-electron chi connectivity index (χ2n) is 3.95. The van der Waals surface area contributed by atoms with E-state index in [0.717, 1.165) is 19.3 Å². The van der Waals surface area contributed by atoms with E-state index in [1.165, 1.54) is 0 Å². The standard InChI is InChI=1S/C13H20N2O2/c1-15(11-7-3-6-10-14)13(16)17-12-8-4-2-5-9-12/h2,4-5,8-9H,3,6-7,10-11,14H2,1H3. The molecule has 1 aromatic carbocycles. The fraction of sp³-hybridized carbons (Fsp3) is 0.462. The molecule has 0 atom stereocenters. The predicted molar refractivity (Wildman–Crippen MR) is 68.0 cm³/mol. The van der Waals surface area contributed by atoms with E-state index < -0.39 is 0 Å². The fourth-order valence-corrected chi connectivity index (χ4v) is 1.43. The van der Waals surface area contributed by atoms with Crippen LogP contribution in [0.25, 0.3) is 0 Å². The van der Waals surface area contributed by atoms with E-state index in [4.69, 9.17) is 10.5 Å². The van der Waals surface area contributed by atoms with Crippen molar-refractivity contribution in [2.24, 2.45) is 5.73 Å². The van der Waals surface area contributed by atoms with Gasteiger partial charge in [0.1, 0.15) is 5.75 Å². The number of nitrogens with two attached hydrogens (primary N) is 1. The molecule has 0 radical (unpaired) electrons. The summed E-state index contributed by atoms with van der Waals surface area (Å²) in [5.41, 5.74) is 5.40. The third kappa shape index (κ3) is 5.36. The largest absolute Gasteiger partial charge is 0.414 e. The van der Waals surface area contributed by atoms with Crippen molar-refractivity contribution in [2.45, 2.75) is 19.3 Å². The van der Waals surface area contributed by atoms with Crippen LogP contribution in [0.2, 0.25) is 0 Å². The van der Waals surface area contributed by atoms with Crippen molar-refractivity contribution in [2.75, 3.05) is 20.1 Å². The maximum atomic E-state index is 11.7. The van der Waals surface area contributed by atoms with Crippen LogP contribution in [0.4, 0.5) is 4.79 Å². The molecule has 0 saturated carbocycles. The molecule has 4 heteroatoms. The summed E-state index contributed by atoms with van der Waals surface area (Å²) in [6.45, 7) is 1.41. The first kappa shape index (κ1) is 13.5. The zero-order chi connectivity index (χ0) is 12.5. The minimum Gasteiger partial charge on any atom is -0.410 e. The quantitative estimate of drug-likeness (QED) is 0.771. The molecule has 94 valence electrons. The molecule has 4 nitrogen and oxygen atoms in total. The molecule has 1 amide bonds. The van der Waals surface area contributed by atoms with Gasteiger partial charge in [-0.3, -0.25) is 0 Å². The number of carbonyl (C=O) groups excluding carboxylic acids is 1. The lowest BCUT2D eigenvalue weighted by atomic mass is 10.2. The van der Waals surface area contributed by atoms with E-state index >= 15 is 0 Å². The fourth-order valence-electron chi connectivity index (χ4n) is 1.43. The highest BCUT2D eigenvalue weighted by atomic mass is 16.6. The maximum Gasteiger partial charge on any atom is 0.414 e. The van der Waals surface area contributed by atoms with Crippen LogP contribution in [0, 0.1) is 0 Å². The van der Waals surface area contributed by atoms with E-state index in [1.54, 1.807) is 24.1 Å². The molecule has 1 aromatic rings. The average Bonchev–Trinajstić information content (AvgIpc) is 2.35. The van der Waals surface area contributed by atoms with Crippen LogP contribution in [0.5, 0.6) is 5.75 Å². The molecular weight excluding hydrogens is 216 g/mol. The van der Waals surface area contributed by atoms with Crippen LogP contribution in [0.1, 0.15) is 19.3 Å². The SMILES string of the molecule is CN(CCCCCN)C(=O)Oc1ccccc1. The highest BCUT2D eigenvalue weighted by Crippen LogP contribution is 2.10. The van der Waals surface area contributed by atoms with Gasteiger partial charge < -0.3 is 15.4 Å². The average molecular weight is 236 g/mol. The van der Waals surface area contributed by atoms with Crippen LogP contribution >= 0.6 is 0 Å². The molecule has 0 bridgehead atoms. The number of hydrogen-bond donors (Lipinski definition) is 1. The van der Waals surface area contributed by atoms with Crippen LogP contribution < -0.4 is 10.5 Å². The van der Waals surface area contributed by atoms with E-state index in [9.17, 15) is 4.79 Å². The molecule has 0 aromatic heterocycles. The molecule has 0 saturated heterocycles. The zero-order valence-electron chi connectivity index (χ0n) is 10.3. The minimum atomic E-state index is -0.316. The smallest absolute Gasteiger partial charge is 0.410 e. The topological polar surface area (TPSA) is 55.6 Å². The number of unbranched alkanes of at least 4 members (excludes halogenated alkanes) is 2. The summed E-state index contributed by atoms with van der Waals surface area (Å²) in [4.78, 5) is 13.2. The number of rotatable bonds is 6. The van der Waals surface area contributed by atoms with Gasteiger partial charge in [-0.1, -0.05) is 24.6 Å². The number of para-hydroxylation sites is 1. The lowest BCUT2D eigenvalue weighted by Crippen LogP contribution is -2.30. The molecule has 1 rings (SSSR count). The Morgan fingerprint density at radius 1 is 1.24 bits per heavy atom. The van der Waals surface area contributed by atoms with Crippen molar-refractivity contribution >= 4 is 6.09 Å². The highest BCUT2D eigenvalue weighted by molar-refractivity contribution is 5.70.